The maximum absolute atomic E-state index is 11.4. The van der Waals surface area contributed by atoms with Crippen LogP contribution in [0.25, 0.3) is 0 Å². The first kappa shape index (κ1) is 13.2. The van der Waals surface area contributed by atoms with Crippen LogP contribution >= 0.6 is 0 Å². The van der Waals surface area contributed by atoms with Crippen molar-refractivity contribution >= 4 is 17.5 Å². The summed E-state index contributed by atoms with van der Waals surface area (Å²) in [5, 5.41) is 2.69. The van der Waals surface area contributed by atoms with E-state index in [4.69, 9.17) is 5.73 Å². The lowest BCUT2D eigenvalue weighted by Crippen LogP contribution is -2.22. The van der Waals surface area contributed by atoms with Crippen molar-refractivity contribution in [3.05, 3.63) is 29.3 Å². The van der Waals surface area contributed by atoms with Gasteiger partial charge in [-0.2, -0.15) is 0 Å². The van der Waals surface area contributed by atoms with Crippen molar-refractivity contribution in [1.29, 1.82) is 0 Å². The highest BCUT2D eigenvalue weighted by Gasteiger charge is 2.22. The largest absolute Gasteiger partial charge is 0.366 e. The minimum absolute atomic E-state index is 0.177. The van der Waals surface area contributed by atoms with E-state index in [1.165, 1.54) is 6.92 Å². The summed E-state index contributed by atoms with van der Waals surface area (Å²) in [7, 11) is 0. The number of para-hydroxylation sites is 1. The van der Waals surface area contributed by atoms with Gasteiger partial charge in [-0.15, -0.1) is 0 Å². The first-order valence-electron chi connectivity index (χ1n) is 5.44. The van der Waals surface area contributed by atoms with Crippen LogP contribution in [0.2, 0.25) is 0 Å². The van der Waals surface area contributed by atoms with Crippen molar-refractivity contribution in [3.8, 4) is 0 Å². The highest BCUT2D eigenvalue weighted by Crippen LogP contribution is 2.32. The number of carbonyl (C=O) groups is 2. The maximum atomic E-state index is 11.4. The molecule has 0 spiro atoms. The Labute approximate surface area is 101 Å². The number of carbonyl (C=O) groups excluding carboxylic acids is 2. The van der Waals surface area contributed by atoms with Gasteiger partial charge in [0.15, 0.2) is 0 Å². The first-order chi connectivity index (χ1) is 7.73. The zero-order chi connectivity index (χ0) is 13.2. The molecular formula is C13H18N2O2. The van der Waals surface area contributed by atoms with E-state index < -0.39 is 5.91 Å². The van der Waals surface area contributed by atoms with Gasteiger partial charge >= 0.3 is 0 Å². The molecule has 0 bridgehead atoms. The molecule has 0 atom stereocenters. The molecule has 17 heavy (non-hydrogen) atoms. The molecule has 0 fully saturated rings. The Morgan fingerprint density at radius 2 is 1.82 bits per heavy atom. The molecule has 0 aliphatic heterocycles. The van der Waals surface area contributed by atoms with Crippen molar-refractivity contribution < 1.29 is 9.59 Å². The zero-order valence-electron chi connectivity index (χ0n) is 10.6. The van der Waals surface area contributed by atoms with Crippen LogP contribution in [0.1, 0.15) is 43.6 Å². The summed E-state index contributed by atoms with van der Waals surface area (Å²) in [6.45, 7) is 7.44. The van der Waals surface area contributed by atoms with Gasteiger partial charge in [0.2, 0.25) is 5.91 Å². The fourth-order valence-corrected chi connectivity index (χ4v) is 1.69. The number of nitrogens with two attached hydrogens (primary N) is 1. The van der Waals surface area contributed by atoms with E-state index >= 15 is 0 Å². The lowest BCUT2D eigenvalue weighted by atomic mass is 9.84. The quantitative estimate of drug-likeness (QED) is 0.822. The third-order valence-corrected chi connectivity index (χ3v) is 2.44. The number of hydrogen-bond acceptors (Lipinski definition) is 2. The van der Waals surface area contributed by atoms with E-state index in [2.05, 4.69) is 5.32 Å². The Morgan fingerprint density at radius 1 is 1.24 bits per heavy atom. The van der Waals surface area contributed by atoms with E-state index in [0.29, 0.717) is 11.3 Å². The van der Waals surface area contributed by atoms with Crippen molar-refractivity contribution in [3.63, 3.8) is 0 Å². The van der Waals surface area contributed by atoms with Crippen LogP contribution < -0.4 is 11.1 Å². The number of benzene rings is 1. The molecule has 4 heteroatoms. The molecule has 1 aromatic carbocycles. The minimum Gasteiger partial charge on any atom is -0.366 e. The molecule has 0 unspecified atom stereocenters. The van der Waals surface area contributed by atoms with Crippen LogP contribution in [0.5, 0.6) is 0 Å². The summed E-state index contributed by atoms with van der Waals surface area (Å²) >= 11 is 0. The maximum Gasteiger partial charge on any atom is 0.250 e. The molecule has 0 aromatic heterocycles. The summed E-state index contributed by atoms with van der Waals surface area (Å²) in [6, 6.07) is 5.27. The van der Waals surface area contributed by atoms with Gasteiger partial charge in [0, 0.05) is 6.92 Å². The average molecular weight is 234 g/mol. The number of rotatable bonds is 2. The van der Waals surface area contributed by atoms with Gasteiger partial charge in [0.1, 0.15) is 0 Å². The molecular weight excluding hydrogens is 216 g/mol. The third-order valence-electron chi connectivity index (χ3n) is 2.44. The van der Waals surface area contributed by atoms with E-state index in [1.807, 2.05) is 26.8 Å². The van der Waals surface area contributed by atoms with Gasteiger partial charge in [-0.3, -0.25) is 9.59 Å². The van der Waals surface area contributed by atoms with Gasteiger partial charge in [-0.25, -0.2) is 0 Å². The molecule has 2 amide bonds. The number of anilines is 1. The van der Waals surface area contributed by atoms with Gasteiger partial charge < -0.3 is 11.1 Å². The normalized spacial score (nSPS) is 11.1. The Morgan fingerprint density at radius 3 is 2.24 bits per heavy atom. The molecule has 0 heterocycles. The predicted molar refractivity (Wildman–Crippen MR) is 68.0 cm³/mol. The van der Waals surface area contributed by atoms with Crippen LogP contribution in [0.3, 0.4) is 0 Å². The first-order valence-corrected chi connectivity index (χ1v) is 5.44. The fraction of sp³-hybridized carbons (Fsp3) is 0.385. The second-order valence-corrected chi connectivity index (χ2v) is 5.02. The molecule has 0 aliphatic carbocycles. The van der Waals surface area contributed by atoms with Crippen molar-refractivity contribution in [2.45, 2.75) is 33.1 Å². The van der Waals surface area contributed by atoms with Gasteiger partial charge in [-0.05, 0) is 17.0 Å². The number of nitrogens with one attached hydrogen (secondary N) is 1. The molecule has 1 rings (SSSR count). The third kappa shape index (κ3) is 3.06. The van der Waals surface area contributed by atoms with E-state index in [0.717, 1.165) is 5.56 Å². The molecule has 1 aromatic rings. The number of hydrogen-bond donors (Lipinski definition) is 2. The molecule has 3 N–H and O–H groups in total. The monoisotopic (exact) mass is 234 g/mol. The molecule has 92 valence electrons. The van der Waals surface area contributed by atoms with Gasteiger partial charge in [-0.1, -0.05) is 32.9 Å². The van der Waals surface area contributed by atoms with Crippen LogP contribution in [0.4, 0.5) is 5.69 Å². The number of amides is 2. The van der Waals surface area contributed by atoms with Crippen molar-refractivity contribution in [1.82, 2.24) is 0 Å². The summed E-state index contributed by atoms with van der Waals surface area (Å²) in [6.07, 6.45) is 0. The standard InChI is InChI=1S/C13H18N2O2/c1-8(16)15-11-9(12(14)17)6-5-7-10(11)13(2,3)4/h5-7H,1-4H3,(H2,14,17)(H,15,16). The smallest absolute Gasteiger partial charge is 0.250 e. The molecule has 0 aliphatic rings. The molecule has 0 saturated heterocycles. The van der Waals surface area contributed by atoms with Crippen molar-refractivity contribution in [2.24, 2.45) is 5.73 Å². The summed E-state index contributed by atoms with van der Waals surface area (Å²) < 4.78 is 0. The Bertz CT molecular complexity index is 459. The Hall–Kier alpha value is -1.84. The highest BCUT2D eigenvalue weighted by atomic mass is 16.2. The summed E-state index contributed by atoms with van der Waals surface area (Å²) in [5.41, 5.74) is 6.88. The molecule has 4 nitrogen and oxygen atoms in total. The Kier molecular flexibility index (Phi) is 3.56. The van der Waals surface area contributed by atoms with Crippen molar-refractivity contribution in [2.75, 3.05) is 5.32 Å². The van der Waals surface area contributed by atoms with Crippen LogP contribution in [0.15, 0.2) is 18.2 Å². The van der Waals surface area contributed by atoms with Crippen LogP contribution in [-0.4, -0.2) is 11.8 Å². The van der Waals surface area contributed by atoms with Crippen LogP contribution in [-0.2, 0) is 10.2 Å². The lowest BCUT2D eigenvalue weighted by molar-refractivity contribution is -0.114. The predicted octanol–water partition coefficient (Wildman–Crippen LogP) is 2.04. The Balaban J connectivity index is 3.45. The second kappa shape index (κ2) is 4.57. The summed E-state index contributed by atoms with van der Waals surface area (Å²) in [5.74, 6) is -0.760. The van der Waals surface area contributed by atoms with Gasteiger partial charge in [0.05, 0.1) is 11.3 Å². The average Bonchev–Trinajstić information content (AvgIpc) is 2.14. The van der Waals surface area contributed by atoms with E-state index in [9.17, 15) is 9.59 Å². The number of primary amides is 1. The van der Waals surface area contributed by atoms with E-state index in [-0.39, 0.29) is 11.3 Å². The topological polar surface area (TPSA) is 72.2 Å². The highest BCUT2D eigenvalue weighted by molar-refractivity contribution is 6.03. The fourth-order valence-electron chi connectivity index (χ4n) is 1.69. The minimum atomic E-state index is -0.542. The van der Waals surface area contributed by atoms with Gasteiger partial charge in [0.25, 0.3) is 5.91 Å². The molecule has 0 saturated carbocycles. The zero-order valence-corrected chi connectivity index (χ0v) is 10.6. The summed E-state index contributed by atoms with van der Waals surface area (Å²) in [4.78, 5) is 22.6. The molecule has 0 radical (unpaired) electrons. The van der Waals surface area contributed by atoms with Crippen LogP contribution in [0, 0.1) is 0 Å². The SMILES string of the molecule is CC(=O)Nc1c(C(N)=O)cccc1C(C)(C)C. The van der Waals surface area contributed by atoms with E-state index in [1.54, 1.807) is 12.1 Å². The lowest BCUT2D eigenvalue weighted by Gasteiger charge is -2.24. The second-order valence-electron chi connectivity index (χ2n) is 5.02.